The monoisotopic (exact) mass is 347 g/mol. The molecule has 2 aromatic carbocycles. The van der Waals surface area contributed by atoms with Crippen LogP contribution in [0.3, 0.4) is 0 Å². The van der Waals surface area contributed by atoms with Crippen molar-refractivity contribution >= 4 is 17.5 Å². The van der Waals surface area contributed by atoms with E-state index in [2.05, 4.69) is 11.4 Å². The molecule has 24 heavy (non-hydrogen) atoms. The Morgan fingerprint density at radius 3 is 2.33 bits per heavy atom. The van der Waals surface area contributed by atoms with Crippen LogP contribution in [0.2, 0.25) is 5.02 Å². The molecule has 0 saturated heterocycles. The van der Waals surface area contributed by atoms with Gasteiger partial charge in [-0.25, -0.2) is 0 Å². The molecule has 0 saturated carbocycles. The average molecular weight is 348 g/mol. The van der Waals surface area contributed by atoms with Crippen molar-refractivity contribution in [1.82, 2.24) is 5.32 Å². The van der Waals surface area contributed by atoms with E-state index >= 15 is 0 Å². The van der Waals surface area contributed by atoms with Gasteiger partial charge >= 0.3 is 0 Å². The van der Waals surface area contributed by atoms with Crippen LogP contribution < -0.4 is 14.8 Å². The molecule has 2 aromatic rings. The minimum atomic E-state index is -0.568. The fourth-order valence-corrected chi connectivity index (χ4v) is 2.40. The minimum absolute atomic E-state index is 0.172. The molecule has 0 radical (unpaired) electrons. The highest BCUT2D eigenvalue weighted by Crippen LogP contribution is 2.18. The predicted octanol–water partition coefficient (Wildman–Crippen LogP) is 3.92. The Morgan fingerprint density at radius 1 is 1.08 bits per heavy atom. The van der Waals surface area contributed by atoms with Gasteiger partial charge in [0.05, 0.1) is 6.54 Å². The van der Waals surface area contributed by atoms with Gasteiger partial charge in [0.15, 0.2) is 6.10 Å². The Morgan fingerprint density at radius 2 is 1.71 bits per heavy atom. The number of aryl methyl sites for hydroxylation is 2. The summed E-state index contributed by atoms with van der Waals surface area (Å²) >= 11 is 5.81. The summed E-state index contributed by atoms with van der Waals surface area (Å²) < 4.78 is 11.2. The summed E-state index contributed by atoms with van der Waals surface area (Å²) in [5, 5.41) is 3.46. The molecule has 0 aliphatic rings. The first-order chi connectivity index (χ1) is 11.4. The van der Waals surface area contributed by atoms with E-state index in [-0.39, 0.29) is 5.91 Å². The number of benzene rings is 2. The number of rotatable bonds is 7. The lowest BCUT2D eigenvalue weighted by Crippen LogP contribution is -2.38. The normalized spacial score (nSPS) is 11.7. The molecule has 0 bridgehead atoms. The lowest BCUT2D eigenvalue weighted by atomic mass is 10.1. The molecule has 2 rings (SSSR count). The number of hydrogen-bond acceptors (Lipinski definition) is 3. The largest absolute Gasteiger partial charge is 0.492 e. The van der Waals surface area contributed by atoms with Gasteiger partial charge in [0.1, 0.15) is 18.1 Å². The number of ether oxygens (including phenoxy) is 2. The van der Waals surface area contributed by atoms with Crippen LogP contribution in [0.5, 0.6) is 11.5 Å². The number of carbonyl (C=O) groups is 1. The highest BCUT2D eigenvalue weighted by Gasteiger charge is 2.14. The fourth-order valence-electron chi connectivity index (χ4n) is 2.28. The van der Waals surface area contributed by atoms with Crippen LogP contribution in [0.15, 0.2) is 42.5 Å². The van der Waals surface area contributed by atoms with Gasteiger partial charge in [-0.15, -0.1) is 0 Å². The quantitative estimate of drug-likeness (QED) is 0.772. The Hall–Kier alpha value is -2.20. The fraction of sp³-hybridized carbons (Fsp3) is 0.316. The van der Waals surface area contributed by atoms with Crippen LogP contribution >= 0.6 is 11.6 Å². The van der Waals surface area contributed by atoms with Crippen molar-refractivity contribution in [3.63, 3.8) is 0 Å². The molecule has 0 aliphatic heterocycles. The maximum absolute atomic E-state index is 12.1. The molecule has 0 heterocycles. The van der Waals surface area contributed by atoms with E-state index in [1.807, 2.05) is 26.0 Å². The predicted molar refractivity (Wildman–Crippen MR) is 96.0 cm³/mol. The van der Waals surface area contributed by atoms with E-state index < -0.39 is 6.10 Å². The van der Waals surface area contributed by atoms with Crippen LogP contribution in [0.1, 0.15) is 18.1 Å². The molecule has 1 amide bonds. The van der Waals surface area contributed by atoms with Gasteiger partial charge in [0.25, 0.3) is 5.91 Å². The molecule has 128 valence electrons. The second-order valence-corrected chi connectivity index (χ2v) is 6.11. The Labute approximate surface area is 147 Å². The second kappa shape index (κ2) is 8.60. The van der Waals surface area contributed by atoms with Gasteiger partial charge in [-0.1, -0.05) is 17.7 Å². The number of amides is 1. The van der Waals surface area contributed by atoms with Gasteiger partial charge in [-0.3, -0.25) is 4.79 Å². The van der Waals surface area contributed by atoms with Gasteiger partial charge in [0, 0.05) is 5.02 Å². The minimum Gasteiger partial charge on any atom is -0.492 e. The van der Waals surface area contributed by atoms with Gasteiger partial charge < -0.3 is 14.8 Å². The topological polar surface area (TPSA) is 47.6 Å². The van der Waals surface area contributed by atoms with Crippen molar-refractivity contribution in [2.75, 3.05) is 13.2 Å². The first-order valence-corrected chi connectivity index (χ1v) is 8.23. The van der Waals surface area contributed by atoms with Crippen molar-refractivity contribution in [2.45, 2.75) is 26.9 Å². The zero-order valence-corrected chi connectivity index (χ0v) is 14.9. The molecule has 0 unspecified atom stereocenters. The zero-order chi connectivity index (χ0) is 17.5. The van der Waals surface area contributed by atoms with Crippen LogP contribution in [-0.2, 0) is 4.79 Å². The van der Waals surface area contributed by atoms with Crippen LogP contribution in [0, 0.1) is 13.8 Å². The summed E-state index contributed by atoms with van der Waals surface area (Å²) in [4.78, 5) is 12.1. The highest BCUT2D eigenvalue weighted by molar-refractivity contribution is 6.30. The third-order valence-electron chi connectivity index (χ3n) is 3.36. The van der Waals surface area contributed by atoms with Crippen LogP contribution in [0.25, 0.3) is 0 Å². The summed E-state index contributed by atoms with van der Waals surface area (Å²) in [6, 6.07) is 13.0. The molecular formula is C19H22ClNO3. The lowest BCUT2D eigenvalue weighted by Gasteiger charge is -2.16. The summed E-state index contributed by atoms with van der Waals surface area (Å²) in [6.07, 6.45) is -0.568. The average Bonchev–Trinajstić information content (AvgIpc) is 2.52. The SMILES string of the molecule is Cc1cc(C)cc(O[C@@H](C)C(=O)NCCOc2ccc(Cl)cc2)c1. The smallest absolute Gasteiger partial charge is 0.260 e. The maximum atomic E-state index is 12.1. The standard InChI is InChI=1S/C19H22ClNO3/c1-13-10-14(2)12-18(11-13)24-15(3)19(22)21-8-9-23-17-6-4-16(20)5-7-17/h4-7,10-12,15H,8-9H2,1-3H3,(H,21,22)/t15-/m0/s1. The van der Waals surface area contributed by atoms with Gasteiger partial charge in [0.2, 0.25) is 0 Å². The Bertz CT molecular complexity index is 665. The van der Waals surface area contributed by atoms with Gasteiger partial charge in [-0.2, -0.15) is 0 Å². The van der Waals surface area contributed by atoms with E-state index in [9.17, 15) is 4.79 Å². The van der Waals surface area contributed by atoms with Crippen molar-refractivity contribution < 1.29 is 14.3 Å². The van der Waals surface area contributed by atoms with E-state index in [0.717, 1.165) is 11.1 Å². The van der Waals surface area contributed by atoms with Crippen molar-refractivity contribution in [1.29, 1.82) is 0 Å². The highest BCUT2D eigenvalue weighted by atomic mass is 35.5. The molecule has 1 atom stereocenters. The van der Waals surface area contributed by atoms with Crippen molar-refractivity contribution in [3.05, 3.63) is 58.6 Å². The van der Waals surface area contributed by atoms with E-state index in [4.69, 9.17) is 21.1 Å². The number of carbonyl (C=O) groups excluding carboxylic acids is 1. The molecule has 0 spiro atoms. The molecule has 5 heteroatoms. The van der Waals surface area contributed by atoms with E-state index in [1.165, 1.54) is 0 Å². The zero-order valence-electron chi connectivity index (χ0n) is 14.1. The number of nitrogens with one attached hydrogen (secondary N) is 1. The van der Waals surface area contributed by atoms with Crippen molar-refractivity contribution in [3.8, 4) is 11.5 Å². The first-order valence-electron chi connectivity index (χ1n) is 7.85. The Kier molecular flexibility index (Phi) is 6.50. The maximum Gasteiger partial charge on any atom is 0.260 e. The number of halogens is 1. The molecule has 4 nitrogen and oxygen atoms in total. The third-order valence-corrected chi connectivity index (χ3v) is 3.61. The lowest BCUT2D eigenvalue weighted by molar-refractivity contribution is -0.127. The first kappa shape index (κ1) is 18.1. The third kappa shape index (κ3) is 5.78. The number of hydrogen-bond donors (Lipinski definition) is 1. The van der Waals surface area contributed by atoms with Crippen LogP contribution in [0.4, 0.5) is 0 Å². The van der Waals surface area contributed by atoms with Crippen LogP contribution in [-0.4, -0.2) is 25.2 Å². The second-order valence-electron chi connectivity index (χ2n) is 5.68. The molecule has 0 fully saturated rings. The van der Waals surface area contributed by atoms with Gasteiger partial charge in [-0.05, 0) is 68.3 Å². The summed E-state index contributed by atoms with van der Waals surface area (Å²) in [5.74, 6) is 1.25. The summed E-state index contributed by atoms with van der Waals surface area (Å²) in [5.41, 5.74) is 2.21. The van der Waals surface area contributed by atoms with Crippen molar-refractivity contribution in [2.24, 2.45) is 0 Å². The Balaban J connectivity index is 1.74. The van der Waals surface area contributed by atoms with E-state index in [1.54, 1.807) is 31.2 Å². The van der Waals surface area contributed by atoms with E-state index in [0.29, 0.717) is 29.7 Å². The molecule has 0 aromatic heterocycles. The molecule has 1 N–H and O–H groups in total. The summed E-state index contributed by atoms with van der Waals surface area (Å²) in [6.45, 7) is 6.51. The molecular weight excluding hydrogens is 326 g/mol. The summed E-state index contributed by atoms with van der Waals surface area (Å²) in [7, 11) is 0. The molecule has 0 aliphatic carbocycles.